The van der Waals surface area contributed by atoms with Gasteiger partial charge in [-0.15, -0.1) is 0 Å². The summed E-state index contributed by atoms with van der Waals surface area (Å²) in [6.07, 6.45) is 1.81. The number of aryl methyl sites for hydroxylation is 1. The normalized spacial score (nSPS) is 11.9. The van der Waals surface area contributed by atoms with Gasteiger partial charge in [0.05, 0.1) is 50.5 Å². The Morgan fingerprint density at radius 1 is 1.23 bits per heavy atom. The molecule has 0 aliphatic rings. The Hall–Kier alpha value is -2.68. The molecule has 170 valence electrons. The fraction of sp³-hybridized carbons (Fsp3) is 0.478. The first-order valence-electron chi connectivity index (χ1n) is 10.5. The zero-order valence-corrected chi connectivity index (χ0v) is 18.7. The van der Waals surface area contributed by atoms with Crippen molar-refractivity contribution in [3.63, 3.8) is 0 Å². The molecule has 0 aliphatic carbocycles. The van der Waals surface area contributed by atoms with Gasteiger partial charge in [-0.25, -0.2) is 9.78 Å². The largest absolute Gasteiger partial charge is 0.439 e. The van der Waals surface area contributed by atoms with E-state index >= 15 is 0 Å². The van der Waals surface area contributed by atoms with Crippen LogP contribution in [0, 0.1) is 0 Å². The molecule has 0 fully saturated rings. The van der Waals surface area contributed by atoms with Crippen LogP contribution in [-0.2, 0) is 15.9 Å². The number of hydrogen-bond donors (Lipinski definition) is 2. The monoisotopic (exact) mass is 431 g/mol. The minimum absolute atomic E-state index is 0.131. The van der Waals surface area contributed by atoms with E-state index in [0.29, 0.717) is 24.8 Å². The molecule has 1 atom stereocenters. The summed E-state index contributed by atoms with van der Waals surface area (Å²) < 4.78 is 16.5. The van der Waals surface area contributed by atoms with Gasteiger partial charge in [-0.05, 0) is 44.0 Å². The maximum Gasteiger partial charge on any atom is 0.321 e. The highest BCUT2D eigenvalue weighted by atomic mass is 16.5. The standard InChI is InChI=1S/C23H33N3O5/c1-5-18-7-6-8-21(13-18)31-22-10-9-19(14-24-22)25-23(28)26(4)15-20(27)16-29-11-12-30-17(2)3/h6-10,13-14,17,20,27H,5,11-12,15-16H2,1-4H3,(H,25,28). The number of likely N-dealkylation sites (N-methyl/N-ethyl adjacent to an activating group) is 1. The van der Waals surface area contributed by atoms with Gasteiger partial charge in [0.2, 0.25) is 5.88 Å². The lowest BCUT2D eigenvalue weighted by Gasteiger charge is -2.21. The number of hydrogen-bond acceptors (Lipinski definition) is 6. The second kappa shape index (κ2) is 12.9. The van der Waals surface area contributed by atoms with Crippen LogP contribution in [0.25, 0.3) is 0 Å². The highest BCUT2D eigenvalue weighted by Crippen LogP contribution is 2.21. The third-order valence-electron chi connectivity index (χ3n) is 4.34. The van der Waals surface area contributed by atoms with E-state index in [1.54, 1.807) is 19.2 Å². The molecule has 0 bridgehead atoms. The molecule has 2 amide bonds. The lowest BCUT2D eigenvalue weighted by Crippen LogP contribution is -2.39. The van der Waals surface area contributed by atoms with Crippen LogP contribution in [0.15, 0.2) is 42.6 Å². The first-order valence-corrected chi connectivity index (χ1v) is 10.5. The lowest BCUT2D eigenvalue weighted by atomic mass is 10.2. The number of anilines is 1. The molecule has 31 heavy (non-hydrogen) atoms. The number of ether oxygens (including phenoxy) is 3. The molecule has 8 nitrogen and oxygen atoms in total. The molecule has 0 radical (unpaired) electrons. The molecule has 0 spiro atoms. The molecule has 0 saturated heterocycles. The van der Waals surface area contributed by atoms with Crippen LogP contribution in [0.5, 0.6) is 11.6 Å². The number of pyridine rings is 1. The summed E-state index contributed by atoms with van der Waals surface area (Å²) in [4.78, 5) is 18.0. The summed E-state index contributed by atoms with van der Waals surface area (Å²) in [6.45, 7) is 7.12. The molecule has 0 saturated carbocycles. The van der Waals surface area contributed by atoms with Gasteiger partial charge in [-0.2, -0.15) is 0 Å². The van der Waals surface area contributed by atoms with Gasteiger partial charge < -0.3 is 29.5 Å². The molecule has 1 unspecified atom stereocenters. The van der Waals surface area contributed by atoms with Crippen molar-refractivity contribution >= 4 is 11.7 Å². The van der Waals surface area contributed by atoms with Crippen molar-refractivity contribution in [2.45, 2.75) is 39.4 Å². The number of carbonyl (C=O) groups is 1. The average Bonchev–Trinajstić information content (AvgIpc) is 2.74. The molecule has 1 heterocycles. The van der Waals surface area contributed by atoms with Gasteiger partial charge >= 0.3 is 6.03 Å². The van der Waals surface area contributed by atoms with Crippen molar-refractivity contribution in [1.82, 2.24) is 9.88 Å². The van der Waals surface area contributed by atoms with Crippen LogP contribution < -0.4 is 10.1 Å². The Kier molecular flexibility index (Phi) is 10.2. The number of rotatable bonds is 12. The number of amides is 2. The molecule has 1 aromatic carbocycles. The number of aliphatic hydroxyl groups is 1. The predicted octanol–water partition coefficient (Wildman–Crippen LogP) is 3.70. The number of benzene rings is 1. The van der Waals surface area contributed by atoms with E-state index in [2.05, 4.69) is 17.2 Å². The molecule has 2 aromatic rings. The van der Waals surface area contributed by atoms with Gasteiger partial charge in [0.25, 0.3) is 0 Å². The van der Waals surface area contributed by atoms with Crippen molar-refractivity contribution in [3.05, 3.63) is 48.2 Å². The van der Waals surface area contributed by atoms with E-state index in [1.165, 1.54) is 16.7 Å². The number of urea groups is 1. The summed E-state index contributed by atoms with van der Waals surface area (Å²) >= 11 is 0. The van der Waals surface area contributed by atoms with Gasteiger partial charge in [-0.1, -0.05) is 19.1 Å². The molecule has 2 N–H and O–H groups in total. The number of carbonyl (C=O) groups excluding carboxylic acids is 1. The van der Waals surface area contributed by atoms with Crippen molar-refractivity contribution in [3.8, 4) is 11.6 Å². The smallest absolute Gasteiger partial charge is 0.321 e. The Labute approximate surface area is 184 Å². The fourth-order valence-corrected chi connectivity index (χ4v) is 2.70. The minimum Gasteiger partial charge on any atom is -0.439 e. The second-order valence-electron chi connectivity index (χ2n) is 7.45. The second-order valence-corrected chi connectivity index (χ2v) is 7.45. The summed E-state index contributed by atoms with van der Waals surface area (Å²) in [5.41, 5.74) is 1.71. The van der Waals surface area contributed by atoms with Crippen LogP contribution in [0.4, 0.5) is 10.5 Å². The first kappa shape index (κ1) is 24.6. The summed E-state index contributed by atoms with van der Waals surface area (Å²) in [5.74, 6) is 1.16. The van der Waals surface area contributed by atoms with Gasteiger partial charge in [-0.3, -0.25) is 0 Å². The zero-order valence-electron chi connectivity index (χ0n) is 18.7. The molecular formula is C23H33N3O5. The van der Waals surface area contributed by atoms with Crippen molar-refractivity contribution in [2.24, 2.45) is 0 Å². The Balaban J connectivity index is 1.75. The Morgan fingerprint density at radius 2 is 2.03 bits per heavy atom. The van der Waals surface area contributed by atoms with E-state index < -0.39 is 6.10 Å². The van der Waals surface area contributed by atoms with E-state index in [1.807, 2.05) is 38.1 Å². The molecular weight excluding hydrogens is 398 g/mol. The first-order chi connectivity index (χ1) is 14.9. The lowest BCUT2D eigenvalue weighted by molar-refractivity contribution is -0.0144. The average molecular weight is 432 g/mol. The molecule has 0 aliphatic heterocycles. The summed E-state index contributed by atoms with van der Waals surface area (Å²) in [7, 11) is 1.60. The number of nitrogens with zero attached hydrogens (tertiary/aromatic N) is 2. The fourth-order valence-electron chi connectivity index (χ4n) is 2.70. The van der Waals surface area contributed by atoms with Crippen LogP contribution in [-0.4, -0.2) is 66.6 Å². The van der Waals surface area contributed by atoms with Crippen LogP contribution in [0.1, 0.15) is 26.3 Å². The van der Waals surface area contributed by atoms with E-state index in [-0.39, 0.29) is 25.3 Å². The van der Waals surface area contributed by atoms with Crippen molar-refractivity contribution < 1.29 is 24.1 Å². The number of aliphatic hydroxyl groups excluding tert-OH is 1. The Bertz CT molecular complexity index is 798. The number of nitrogens with one attached hydrogen (secondary N) is 1. The highest BCUT2D eigenvalue weighted by molar-refractivity contribution is 5.88. The molecule has 8 heteroatoms. The third-order valence-corrected chi connectivity index (χ3v) is 4.34. The van der Waals surface area contributed by atoms with E-state index in [9.17, 15) is 9.90 Å². The van der Waals surface area contributed by atoms with Gasteiger partial charge in [0.1, 0.15) is 5.75 Å². The minimum atomic E-state index is -0.789. The van der Waals surface area contributed by atoms with Gasteiger partial charge in [0, 0.05) is 13.1 Å². The zero-order chi connectivity index (χ0) is 22.6. The van der Waals surface area contributed by atoms with Crippen molar-refractivity contribution in [1.29, 1.82) is 0 Å². The topological polar surface area (TPSA) is 93.2 Å². The quantitative estimate of drug-likeness (QED) is 0.498. The van der Waals surface area contributed by atoms with Gasteiger partial charge in [0.15, 0.2) is 0 Å². The maximum absolute atomic E-state index is 12.3. The van der Waals surface area contributed by atoms with E-state index in [0.717, 1.165) is 12.2 Å². The van der Waals surface area contributed by atoms with E-state index in [4.69, 9.17) is 14.2 Å². The molecule has 2 rings (SSSR count). The molecule has 1 aromatic heterocycles. The Morgan fingerprint density at radius 3 is 2.71 bits per heavy atom. The SMILES string of the molecule is CCc1cccc(Oc2ccc(NC(=O)N(C)CC(O)COCCOC(C)C)cn2)c1. The number of aromatic nitrogens is 1. The summed E-state index contributed by atoms with van der Waals surface area (Å²) in [5, 5.41) is 12.8. The predicted molar refractivity (Wildman–Crippen MR) is 120 cm³/mol. The van der Waals surface area contributed by atoms with Crippen LogP contribution in [0.3, 0.4) is 0 Å². The van der Waals surface area contributed by atoms with Crippen LogP contribution in [0.2, 0.25) is 0 Å². The third kappa shape index (κ3) is 9.33. The van der Waals surface area contributed by atoms with Crippen molar-refractivity contribution in [2.75, 3.05) is 38.7 Å². The summed E-state index contributed by atoms with van der Waals surface area (Å²) in [6, 6.07) is 10.9. The maximum atomic E-state index is 12.3. The van der Waals surface area contributed by atoms with Crippen LogP contribution >= 0.6 is 0 Å². The highest BCUT2D eigenvalue weighted by Gasteiger charge is 2.14.